The zero-order valence-corrected chi connectivity index (χ0v) is 12.3. The summed E-state index contributed by atoms with van der Waals surface area (Å²) in [6, 6.07) is 0.0609. The number of aryl methyl sites for hydroxylation is 2. The van der Waals surface area contributed by atoms with Crippen LogP contribution in [0.2, 0.25) is 0 Å². The first-order chi connectivity index (χ1) is 10.2. The van der Waals surface area contributed by atoms with Crippen LogP contribution >= 0.6 is 0 Å². The van der Waals surface area contributed by atoms with Crippen LogP contribution in [0.25, 0.3) is 0 Å². The zero-order valence-electron chi connectivity index (χ0n) is 12.3. The van der Waals surface area contributed by atoms with Crippen LogP contribution < -0.4 is 5.32 Å². The number of carbonyl (C=O) groups is 1. The van der Waals surface area contributed by atoms with Gasteiger partial charge < -0.3 is 14.5 Å². The summed E-state index contributed by atoms with van der Waals surface area (Å²) in [7, 11) is 1.98. The number of imidazole rings is 2. The molecule has 0 radical (unpaired) electrons. The van der Waals surface area contributed by atoms with Gasteiger partial charge in [-0.15, -0.1) is 0 Å². The summed E-state index contributed by atoms with van der Waals surface area (Å²) in [5.41, 5.74) is 0. The van der Waals surface area contributed by atoms with Gasteiger partial charge in [0, 0.05) is 44.8 Å². The molecule has 0 unspecified atom stereocenters. The molecule has 3 rings (SSSR count). The molecule has 0 saturated heterocycles. The van der Waals surface area contributed by atoms with Crippen LogP contribution in [0.1, 0.15) is 37.5 Å². The highest BCUT2D eigenvalue weighted by atomic mass is 16.1. The molecule has 1 aliphatic rings. The van der Waals surface area contributed by atoms with Crippen molar-refractivity contribution >= 4 is 5.91 Å². The van der Waals surface area contributed by atoms with Crippen molar-refractivity contribution in [1.29, 1.82) is 0 Å². The van der Waals surface area contributed by atoms with E-state index >= 15 is 0 Å². The first-order valence-electron chi connectivity index (χ1n) is 7.46. The summed E-state index contributed by atoms with van der Waals surface area (Å²) in [5, 5.41) is 3.16. The Bertz CT molecular complexity index is 585. The van der Waals surface area contributed by atoms with Gasteiger partial charge in [0.25, 0.3) is 0 Å². The van der Waals surface area contributed by atoms with Gasteiger partial charge >= 0.3 is 0 Å². The smallest absolute Gasteiger partial charge is 0.220 e. The maximum Gasteiger partial charge on any atom is 0.220 e. The molecule has 0 aliphatic heterocycles. The zero-order chi connectivity index (χ0) is 14.7. The molecule has 2 heterocycles. The fraction of sp³-hybridized carbons (Fsp3) is 0.533. The molecule has 1 N–H and O–H groups in total. The van der Waals surface area contributed by atoms with Crippen molar-refractivity contribution in [2.75, 3.05) is 0 Å². The normalized spacial score (nSPS) is 15.9. The maximum absolute atomic E-state index is 12.1. The van der Waals surface area contributed by atoms with Crippen LogP contribution in [0.4, 0.5) is 0 Å². The Balaban J connectivity index is 1.51. The lowest BCUT2D eigenvalue weighted by Crippen LogP contribution is -2.31. The summed E-state index contributed by atoms with van der Waals surface area (Å²) in [5.74, 6) is 1.61. The van der Waals surface area contributed by atoms with E-state index in [1.807, 2.05) is 28.6 Å². The lowest BCUT2D eigenvalue weighted by Gasteiger charge is -2.18. The first-order valence-corrected chi connectivity index (χ1v) is 7.46. The number of hydrogen-bond donors (Lipinski definition) is 1. The summed E-state index contributed by atoms with van der Waals surface area (Å²) in [6.45, 7) is 0.823. The maximum atomic E-state index is 12.1. The number of carbonyl (C=O) groups excluding carboxylic acids is 1. The third-order valence-corrected chi connectivity index (χ3v) is 3.93. The van der Waals surface area contributed by atoms with Gasteiger partial charge in [0.05, 0.1) is 12.4 Å². The number of rotatable bonds is 7. The van der Waals surface area contributed by atoms with E-state index in [2.05, 4.69) is 15.3 Å². The Morgan fingerprint density at radius 1 is 1.43 bits per heavy atom. The Morgan fingerprint density at radius 3 is 2.90 bits per heavy atom. The average molecular weight is 287 g/mol. The standard InChI is InChI=1S/C15H21N5O/c1-19-9-7-17-15(19)14(12-4-5-12)18-13(21)3-2-8-20-10-6-16-11-20/h6-7,9-12,14H,2-5,8H2,1H3,(H,18,21)/t14-/m0/s1. The summed E-state index contributed by atoms with van der Waals surface area (Å²) in [6.07, 6.45) is 12.9. The molecule has 1 fully saturated rings. The minimum Gasteiger partial charge on any atom is -0.346 e. The molecule has 1 amide bonds. The lowest BCUT2D eigenvalue weighted by molar-refractivity contribution is -0.122. The van der Waals surface area contributed by atoms with Crippen molar-refractivity contribution in [2.45, 2.75) is 38.3 Å². The number of aromatic nitrogens is 4. The Morgan fingerprint density at radius 2 is 2.29 bits per heavy atom. The predicted molar refractivity (Wildman–Crippen MR) is 78.3 cm³/mol. The van der Waals surface area contributed by atoms with E-state index in [9.17, 15) is 4.79 Å². The molecule has 21 heavy (non-hydrogen) atoms. The number of hydrogen-bond acceptors (Lipinski definition) is 3. The molecule has 0 aromatic carbocycles. The highest BCUT2D eigenvalue weighted by Crippen LogP contribution is 2.40. The van der Waals surface area contributed by atoms with E-state index in [-0.39, 0.29) is 11.9 Å². The van der Waals surface area contributed by atoms with Gasteiger partial charge in [-0.1, -0.05) is 0 Å². The van der Waals surface area contributed by atoms with E-state index in [1.54, 1.807) is 18.7 Å². The summed E-state index contributed by atoms with van der Waals surface area (Å²) >= 11 is 0. The molecule has 2 aromatic heterocycles. The third kappa shape index (κ3) is 3.51. The summed E-state index contributed by atoms with van der Waals surface area (Å²) < 4.78 is 3.99. The van der Waals surface area contributed by atoms with Crippen molar-refractivity contribution in [3.05, 3.63) is 36.9 Å². The Hall–Kier alpha value is -2.11. The average Bonchev–Trinajstić information content (AvgIpc) is 3.01. The van der Waals surface area contributed by atoms with Crippen LogP contribution in [0.5, 0.6) is 0 Å². The second kappa shape index (κ2) is 6.11. The summed E-state index contributed by atoms with van der Waals surface area (Å²) in [4.78, 5) is 20.5. The Labute approximate surface area is 124 Å². The van der Waals surface area contributed by atoms with Crippen molar-refractivity contribution in [3.8, 4) is 0 Å². The highest BCUT2D eigenvalue weighted by Gasteiger charge is 2.35. The molecule has 1 aliphatic carbocycles. The fourth-order valence-corrected chi connectivity index (χ4v) is 2.59. The van der Waals surface area contributed by atoms with Gasteiger partial charge in [0.2, 0.25) is 5.91 Å². The molecule has 6 heteroatoms. The van der Waals surface area contributed by atoms with Gasteiger partial charge in [-0.25, -0.2) is 9.97 Å². The van der Waals surface area contributed by atoms with Crippen LogP contribution in [-0.4, -0.2) is 25.0 Å². The lowest BCUT2D eigenvalue weighted by atomic mass is 10.1. The van der Waals surface area contributed by atoms with Crippen molar-refractivity contribution in [2.24, 2.45) is 13.0 Å². The monoisotopic (exact) mass is 287 g/mol. The molecule has 0 spiro atoms. The SMILES string of the molecule is Cn1ccnc1[C@@H](NC(=O)CCCn1ccnc1)C1CC1. The molecule has 1 saturated carbocycles. The minimum absolute atomic E-state index is 0.0609. The number of amides is 1. The quantitative estimate of drug-likeness (QED) is 0.842. The van der Waals surface area contributed by atoms with Gasteiger partial charge in [0.15, 0.2) is 0 Å². The highest BCUT2D eigenvalue weighted by molar-refractivity contribution is 5.76. The number of nitrogens with one attached hydrogen (secondary N) is 1. The van der Waals surface area contributed by atoms with E-state index in [0.29, 0.717) is 12.3 Å². The molecule has 112 valence electrons. The van der Waals surface area contributed by atoms with Crippen molar-refractivity contribution in [3.63, 3.8) is 0 Å². The molecule has 0 bridgehead atoms. The Kier molecular flexibility index (Phi) is 4.03. The van der Waals surface area contributed by atoms with Gasteiger partial charge in [0.1, 0.15) is 5.82 Å². The number of nitrogens with zero attached hydrogens (tertiary/aromatic N) is 4. The van der Waals surface area contributed by atoms with Crippen LogP contribution in [0.3, 0.4) is 0 Å². The van der Waals surface area contributed by atoms with Crippen LogP contribution in [-0.2, 0) is 18.4 Å². The van der Waals surface area contributed by atoms with E-state index in [0.717, 1.165) is 18.8 Å². The minimum atomic E-state index is 0.0609. The topological polar surface area (TPSA) is 64.7 Å². The van der Waals surface area contributed by atoms with Crippen LogP contribution in [0, 0.1) is 5.92 Å². The molecule has 1 atom stereocenters. The van der Waals surface area contributed by atoms with E-state index in [4.69, 9.17) is 0 Å². The molecule has 6 nitrogen and oxygen atoms in total. The van der Waals surface area contributed by atoms with E-state index in [1.165, 1.54) is 12.8 Å². The predicted octanol–water partition coefficient (Wildman–Crippen LogP) is 1.66. The second-order valence-electron chi connectivity index (χ2n) is 5.68. The van der Waals surface area contributed by atoms with Crippen molar-refractivity contribution < 1.29 is 4.79 Å². The third-order valence-electron chi connectivity index (χ3n) is 3.93. The molecular formula is C15H21N5O. The van der Waals surface area contributed by atoms with Gasteiger partial charge in [-0.3, -0.25) is 4.79 Å². The van der Waals surface area contributed by atoms with Gasteiger partial charge in [-0.05, 0) is 25.2 Å². The molecular weight excluding hydrogens is 266 g/mol. The van der Waals surface area contributed by atoms with Gasteiger partial charge in [-0.2, -0.15) is 0 Å². The fourth-order valence-electron chi connectivity index (χ4n) is 2.59. The largest absolute Gasteiger partial charge is 0.346 e. The van der Waals surface area contributed by atoms with Crippen LogP contribution in [0.15, 0.2) is 31.1 Å². The molecule has 2 aromatic rings. The second-order valence-corrected chi connectivity index (χ2v) is 5.68. The van der Waals surface area contributed by atoms with Crippen molar-refractivity contribution in [1.82, 2.24) is 24.4 Å². The van der Waals surface area contributed by atoms with E-state index < -0.39 is 0 Å². The first kappa shape index (κ1) is 13.9.